The zero-order valence-electron chi connectivity index (χ0n) is 17.5. The molecule has 1 atom stereocenters. The molecule has 0 radical (unpaired) electrons. The molecule has 0 aliphatic carbocycles. The molecule has 2 N–H and O–H groups in total. The van der Waals surface area contributed by atoms with Crippen molar-refractivity contribution in [3.8, 4) is 0 Å². The van der Waals surface area contributed by atoms with Crippen molar-refractivity contribution in [2.75, 3.05) is 18.5 Å². The maximum atomic E-state index is 12.8. The number of hydrogen-bond acceptors (Lipinski definition) is 5. The van der Waals surface area contributed by atoms with E-state index in [2.05, 4.69) is 55.4 Å². The molecule has 1 fully saturated rings. The van der Waals surface area contributed by atoms with E-state index in [-0.39, 0.29) is 23.7 Å². The summed E-state index contributed by atoms with van der Waals surface area (Å²) < 4.78 is 4.96. The van der Waals surface area contributed by atoms with Crippen LogP contribution in [0.4, 0.5) is 11.5 Å². The molecule has 1 amide bonds. The van der Waals surface area contributed by atoms with E-state index in [1.807, 2.05) is 12.1 Å². The average Bonchev–Trinajstić information content (AvgIpc) is 2.69. The number of amides is 1. The van der Waals surface area contributed by atoms with Crippen molar-refractivity contribution in [1.82, 2.24) is 10.3 Å². The lowest BCUT2D eigenvalue weighted by Gasteiger charge is -2.22. The smallest absolute Gasteiger partial charge is 0.306 e. The summed E-state index contributed by atoms with van der Waals surface area (Å²) in [6.45, 7) is 9.17. The average molecular weight is 396 g/mol. The molecule has 6 nitrogen and oxygen atoms in total. The predicted octanol–water partition coefficient (Wildman–Crippen LogP) is 4.25. The van der Waals surface area contributed by atoms with Crippen LogP contribution in [-0.4, -0.2) is 30.0 Å². The maximum Gasteiger partial charge on any atom is 0.306 e. The predicted molar refractivity (Wildman–Crippen MR) is 114 cm³/mol. The summed E-state index contributed by atoms with van der Waals surface area (Å²) in [4.78, 5) is 28.6. The highest BCUT2D eigenvalue weighted by Gasteiger charge is 2.22. The summed E-state index contributed by atoms with van der Waals surface area (Å²) in [5, 5.41) is 6.29. The van der Waals surface area contributed by atoms with Crippen LogP contribution >= 0.6 is 0 Å². The summed E-state index contributed by atoms with van der Waals surface area (Å²) in [5.74, 6) is 0.660. The molecular formula is C23H29N3O3. The van der Waals surface area contributed by atoms with Crippen LogP contribution in [0.25, 0.3) is 0 Å². The van der Waals surface area contributed by atoms with Gasteiger partial charge >= 0.3 is 5.97 Å². The molecule has 1 saturated heterocycles. The van der Waals surface area contributed by atoms with Crippen LogP contribution in [-0.2, 0) is 9.53 Å². The van der Waals surface area contributed by atoms with Gasteiger partial charge in [0.05, 0.1) is 18.6 Å². The first-order valence-electron chi connectivity index (χ1n) is 10.1. The number of aromatic nitrogens is 1. The van der Waals surface area contributed by atoms with Gasteiger partial charge in [-0.3, -0.25) is 9.59 Å². The van der Waals surface area contributed by atoms with Crippen molar-refractivity contribution in [3.05, 3.63) is 52.7 Å². The normalized spacial score (nSPS) is 16.4. The summed E-state index contributed by atoms with van der Waals surface area (Å²) in [7, 11) is 0. The Hall–Kier alpha value is -2.89. The quantitative estimate of drug-likeness (QED) is 0.715. The van der Waals surface area contributed by atoms with Crippen LogP contribution in [0.15, 0.2) is 30.5 Å². The highest BCUT2D eigenvalue weighted by molar-refractivity contribution is 5.96. The van der Waals surface area contributed by atoms with Gasteiger partial charge in [-0.2, -0.15) is 0 Å². The Morgan fingerprint density at radius 1 is 1.24 bits per heavy atom. The summed E-state index contributed by atoms with van der Waals surface area (Å²) in [6.07, 6.45) is 2.76. The van der Waals surface area contributed by atoms with E-state index in [9.17, 15) is 9.59 Å². The molecule has 0 bridgehead atoms. The SMILES string of the molecule is Cc1ccc(Nc2cc(C(C)C)c(C(=O)NCC3CCOC(=O)C3)cn2)cc1C. The zero-order chi connectivity index (χ0) is 21.0. The third kappa shape index (κ3) is 5.34. The van der Waals surface area contributed by atoms with Crippen molar-refractivity contribution < 1.29 is 14.3 Å². The second-order valence-corrected chi connectivity index (χ2v) is 8.02. The highest BCUT2D eigenvalue weighted by atomic mass is 16.5. The molecule has 3 rings (SSSR count). The van der Waals surface area contributed by atoms with Crippen LogP contribution in [0.3, 0.4) is 0 Å². The minimum absolute atomic E-state index is 0.126. The van der Waals surface area contributed by atoms with Crippen LogP contribution in [0.2, 0.25) is 0 Å². The number of benzene rings is 1. The Kier molecular flexibility index (Phi) is 6.52. The Morgan fingerprint density at radius 2 is 2.03 bits per heavy atom. The number of anilines is 2. The zero-order valence-corrected chi connectivity index (χ0v) is 17.5. The van der Waals surface area contributed by atoms with E-state index in [1.165, 1.54) is 11.1 Å². The Balaban J connectivity index is 1.72. The summed E-state index contributed by atoms with van der Waals surface area (Å²) >= 11 is 0. The van der Waals surface area contributed by atoms with Crippen LogP contribution in [0.1, 0.15) is 59.7 Å². The number of pyridine rings is 1. The topological polar surface area (TPSA) is 80.3 Å². The molecule has 1 aromatic carbocycles. The molecule has 1 aliphatic heterocycles. The summed E-state index contributed by atoms with van der Waals surface area (Å²) in [6, 6.07) is 8.12. The molecular weight excluding hydrogens is 366 g/mol. The van der Waals surface area contributed by atoms with Gasteiger partial charge in [-0.1, -0.05) is 19.9 Å². The van der Waals surface area contributed by atoms with Crippen molar-refractivity contribution in [1.29, 1.82) is 0 Å². The fraction of sp³-hybridized carbons (Fsp3) is 0.435. The number of carbonyl (C=O) groups is 2. The number of aryl methyl sites for hydroxylation is 2. The molecule has 0 saturated carbocycles. The standard InChI is InChI=1S/C23H29N3O3/c1-14(2)19-11-21(26-18-6-5-15(3)16(4)9-18)24-13-20(19)23(28)25-12-17-7-8-29-22(27)10-17/h5-6,9,11,13-14,17H,7-8,10,12H2,1-4H3,(H,24,26)(H,25,28). The van der Waals surface area contributed by atoms with Crippen molar-refractivity contribution in [2.24, 2.45) is 5.92 Å². The van der Waals surface area contributed by atoms with E-state index in [0.717, 1.165) is 17.7 Å². The number of nitrogens with zero attached hydrogens (tertiary/aromatic N) is 1. The Bertz CT molecular complexity index is 908. The number of cyclic esters (lactones) is 1. The van der Waals surface area contributed by atoms with Crippen LogP contribution in [0, 0.1) is 19.8 Å². The first-order chi connectivity index (χ1) is 13.8. The van der Waals surface area contributed by atoms with Gasteiger partial charge in [0.15, 0.2) is 0 Å². The van der Waals surface area contributed by atoms with Gasteiger partial charge < -0.3 is 15.4 Å². The van der Waals surface area contributed by atoms with Gasteiger partial charge in [-0.25, -0.2) is 4.98 Å². The fourth-order valence-corrected chi connectivity index (χ4v) is 3.42. The molecule has 6 heteroatoms. The van der Waals surface area contributed by atoms with Crippen LogP contribution < -0.4 is 10.6 Å². The van der Waals surface area contributed by atoms with E-state index in [4.69, 9.17) is 4.74 Å². The first-order valence-corrected chi connectivity index (χ1v) is 10.1. The number of ether oxygens (including phenoxy) is 1. The van der Waals surface area contributed by atoms with Crippen LogP contribution in [0.5, 0.6) is 0 Å². The van der Waals surface area contributed by atoms with Gasteiger partial charge in [-0.15, -0.1) is 0 Å². The van der Waals surface area contributed by atoms with Crippen molar-refractivity contribution in [2.45, 2.75) is 46.5 Å². The van der Waals surface area contributed by atoms with Gasteiger partial charge in [0, 0.05) is 18.4 Å². The Morgan fingerprint density at radius 3 is 2.72 bits per heavy atom. The van der Waals surface area contributed by atoms with Crippen molar-refractivity contribution in [3.63, 3.8) is 0 Å². The lowest BCUT2D eigenvalue weighted by molar-refractivity contribution is -0.149. The number of carbonyl (C=O) groups excluding carboxylic acids is 2. The number of nitrogens with one attached hydrogen (secondary N) is 2. The molecule has 0 spiro atoms. The molecule has 2 aromatic rings. The fourth-order valence-electron chi connectivity index (χ4n) is 3.42. The molecule has 1 unspecified atom stereocenters. The Labute approximate surface area is 172 Å². The van der Waals surface area contributed by atoms with Gasteiger partial charge in [0.2, 0.25) is 0 Å². The van der Waals surface area contributed by atoms with Crippen molar-refractivity contribution >= 4 is 23.4 Å². The molecule has 154 valence electrons. The lowest BCUT2D eigenvalue weighted by Crippen LogP contribution is -2.34. The second-order valence-electron chi connectivity index (χ2n) is 8.02. The number of rotatable bonds is 6. The summed E-state index contributed by atoms with van der Waals surface area (Å²) in [5.41, 5.74) is 4.93. The minimum Gasteiger partial charge on any atom is -0.466 e. The monoisotopic (exact) mass is 395 g/mol. The third-order valence-corrected chi connectivity index (χ3v) is 5.38. The lowest BCUT2D eigenvalue weighted by atomic mass is 9.97. The second kappa shape index (κ2) is 9.07. The highest BCUT2D eigenvalue weighted by Crippen LogP contribution is 2.25. The van der Waals surface area contributed by atoms with Gasteiger partial charge in [0.1, 0.15) is 5.82 Å². The molecule has 1 aromatic heterocycles. The van der Waals surface area contributed by atoms with E-state index >= 15 is 0 Å². The maximum absolute atomic E-state index is 12.8. The number of hydrogen-bond donors (Lipinski definition) is 2. The van der Waals surface area contributed by atoms with Gasteiger partial charge in [-0.05, 0) is 67.0 Å². The minimum atomic E-state index is -0.193. The third-order valence-electron chi connectivity index (χ3n) is 5.38. The molecule has 1 aliphatic rings. The van der Waals surface area contributed by atoms with E-state index in [0.29, 0.717) is 31.0 Å². The van der Waals surface area contributed by atoms with E-state index < -0.39 is 0 Å². The largest absolute Gasteiger partial charge is 0.466 e. The number of esters is 1. The molecule has 2 heterocycles. The van der Waals surface area contributed by atoms with Gasteiger partial charge in [0.25, 0.3) is 5.91 Å². The van der Waals surface area contributed by atoms with E-state index in [1.54, 1.807) is 6.20 Å². The first kappa shape index (κ1) is 20.8. The molecule has 29 heavy (non-hydrogen) atoms.